The minimum absolute atomic E-state index is 0.116. The van der Waals surface area contributed by atoms with Crippen LogP contribution >= 0.6 is 0 Å². The number of aliphatic hydroxyl groups excluding tert-OH is 2. The number of amides is 1. The van der Waals surface area contributed by atoms with Gasteiger partial charge in [0.05, 0.1) is 47.6 Å². The molecule has 0 radical (unpaired) electrons. The van der Waals surface area contributed by atoms with Crippen molar-refractivity contribution in [1.29, 1.82) is 0 Å². The maximum absolute atomic E-state index is 15.0. The number of aliphatic hydroxyl groups is 2. The fourth-order valence-electron chi connectivity index (χ4n) is 11.1. The molecule has 0 bridgehead atoms. The highest BCUT2D eigenvalue weighted by atomic mass is 16.7. The van der Waals surface area contributed by atoms with Crippen LogP contribution in [0, 0.1) is 23.7 Å². The van der Waals surface area contributed by atoms with Gasteiger partial charge in [-0.1, -0.05) is 58.0 Å². The Hall–Kier alpha value is -2.73. The molecule has 64 heavy (non-hydrogen) atoms. The molecule has 0 spiro atoms. The van der Waals surface area contributed by atoms with E-state index >= 15 is 4.79 Å². The van der Waals surface area contributed by atoms with Crippen LogP contribution in [0.2, 0.25) is 0 Å². The van der Waals surface area contributed by atoms with Crippen molar-refractivity contribution in [3.05, 3.63) is 35.9 Å². The molecule has 2 N–H and O–H groups in total. The number of nitrogens with zero attached hydrogens (tertiary/aromatic N) is 2. The lowest BCUT2D eigenvalue weighted by Gasteiger charge is -2.50. The second-order valence-electron chi connectivity index (χ2n) is 20.1. The molecular formula is C49H80N2O13. The average molecular weight is 905 g/mol. The third-order valence-electron chi connectivity index (χ3n) is 15.1. The van der Waals surface area contributed by atoms with Crippen LogP contribution < -0.4 is 0 Å². The number of ketones is 1. The molecule has 4 aliphatic rings. The number of aryl methyl sites for hydroxylation is 1. The average Bonchev–Trinajstić information content (AvgIpc) is 3.52. The van der Waals surface area contributed by atoms with Gasteiger partial charge in [0.15, 0.2) is 18.2 Å². The number of carbonyl (C=O) groups excluding carboxylic acids is 3. The Morgan fingerprint density at radius 1 is 0.859 bits per heavy atom. The normalized spacial score (nSPS) is 42.8. The Balaban J connectivity index is 1.59. The van der Waals surface area contributed by atoms with Gasteiger partial charge in [-0.15, -0.1) is 0 Å². The van der Waals surface area contributed by atoms with Gasteiger partial charge in [0, 0.05) is 51.0 Å². The van der Waals surface area contributed by atoms with Gasteiger partial charge in [-0.05, 0) is 99.7 Å². The predicted octanol–water partition coefficient (Wildman–Crippen LogP) is 5.93. The summed E-state index contributed by atoms with van der Waals surface area (Å²) in [5, 5.41) is 22.9. The smallest absolute Gasteiger partial charge is 0.410 e. The molecule has 1 amide bonds. The Morgan fingerprint density at radius 2 is 1.52 bits per heavy atom. The fourth-order valence-corrected chi connectivity index (χ4v) is 11.1. The standard InChI is InChI=1S/C49H80N2O13/c1-15-36-49(10)41(51(46(56)64-49)24-20-19-23-34-21-17-16-18-22-34)30(4)38(52)28(2)26-48(9,58-14)43(63-45-39(53)35(50(11)12)25-29(3)59-45)31(5)40(32(6)44(55)61-36)62-37-27-47(8,57-13)42(54)33(7)60-37/h16-18,21-22,28-33,35-37,39-43,45,53-54H,15,19-20,23-27H2,1-14H3/t28-,29-,30+,31+,32-,33+,35+,36?,37+,39-,40?,41-,42+,43-,45+,47-,48-,49-/m1/s1. The molecule has 4 saturated heterocycles. The van der Waals surface area contributed by atoms with E-state index in [9.17, 15) is 19.8 Å². The van der Waals surface area contributed by atoms with Crippen LogP contribution in [0.4, 0.5) is 4.79 Å². The Kier molecular flexibility index (Phi) is 17.5. The summed E-state index contributed by atoms with van der Waals surface area (Å²) in [6, 6.07) is 9.11. The largest absolute Gasteiger partial charge is 0.458 e. The fraction of sp³-hybridized carbons (Fsp3) is 0.816. The molecule has 1 aromatic carbocycles. The number of cyclic esters (lactones) is 1. The minimum atomic E-state index is -1.38. The molecule has 5 rings (SSSR count). The van der Waals surface area contributed by atoms with Crippen LogP contribution in [-0.2, 0) is 53.9 Å². The minimum Gasteiger partial charge on any atom is -0.458 e. The van der Waals surface area contributed by atoms with Crippen LogP contribution in [0.3, 0.4) is 0 Å². The van der Waals surface area contributed by atoms with Crippen molar-refractivity contribution < 1.29 is 62.5 Å². The summed E-state index contributed by atoms with van der Waals surface area (Å²) in [4.78, 5) is 47.5. The lowest BCUT2D eigenvalue weighted by atomic mass is 9.73. The van der Waals surface area contributed by atoms with Gasteiger partial charge in [-0.3, -0.25) is 9.59 Å². The summed E-state index contributed by atoms with van der Waals surface area (Å²) in [6.45, 7) is 18.6. The van der Waals surface area contributed by atoms with Gasteiger partial charge in [-0.2, -0.15) is 0 Å². The monoisotopic (exact) mass is 905 g/mol. The van der Waals surface area contributed by atoms with Gasteiger partial charge in [0.1, 0.15) is 24.1 Å². The number of esters is 1. The van der Waals surface area contributed by atoms with Crippen molar-refractivity contribution in [2.75, 3.05) is 34.9 Å². The van der Waals surface area contributed by atoms with Gasteiger partial charge in [-0.25, -0.2) is 4.79 Å². The van der Waals surface area contributed by atoms with Crippen LogP contribution in [0.5, 0.6) is 0 Å². The number of likely N-dealkylation sites (N-methyl/N-ethyl adjacent to an activating group) is 1. The molecule has 4 heterocycles. The molecule has 0 aromatic heterocycles. The van der Waals surface area contributed by atoms with Crippen molar-refractivity contribution in [3.8, 4) is 0 Å². The number of Topliss-reactive ketones (excluding diaryl/α,β-unsaturated/α-hetero) is 1. The third kappa shape index (κ3) is 11.0. The summed E-state index contributed by atoms with van der Waals surface area (Å²) in [5.41, 5.74) is -2.46. The maximum Gasteiger partial charge on any atom is 0.410 e. The van der Waals surface area contributed by atoms with Gasteiger partial charge in [0.25, 0.3) is 0 Å². The first kappa shape index (κ1) is 52.2. The first-order valence-electron chi connectivity index (χ1n) is 23.6. The molecule has 1 aromatic rings. The van der Waals surface area contributed by atoms with Crippen LogP contribution in [0.15, 0.2) is 30.3 Å². The quantitative estimate of drug-likeness (QED) is 0.176. The Morgan fingerprint density at radius 3 is 2.12 bits per heavy atom. The summed E-state index contributed by atoms with van der Waals surface area (Å²) < 4.78 is 51.6. The van der Waals surface area contributed by atoms with E-state index in [1.165, 1.54) is 12.7 Å². The topological polar surface area (TPSA) is 172 Å². The van der Waals surface area contributed by atoms with Crippen LogP contribution in [0.1, 0.15) is 113 Å². The third-order valence-corrected chi connectivity index (χ3v) is 15.1. The maximum atomic E-state index is 15.0. The lowest BCUT2D eigenvalue weighted by molar-refractivity contribution is -0.319. The summed E-state index contributed by atoms with van der Waals surface area (Å²) in [5.74, 6) is -3.78. The second kappa shape index (κ2) is 21.5. The van der Waals surface area contributed by atoms with Crippen LogP contribution in [0.25, 0.3) is 0 Å². The highest BCUT2D eigenvalue weighted by Crippen LogP contribution is 2.45. The molecule has 15 heteroatoms. The number of ether oxygens (including phenoxy) is 8. The van der Waals surface area contributed by atoms with E-state index in [0.717, 1.165) is 12.8 Å². The number of hydrogen-bond donors (Lipinski definition) is 2. The highest BCUT2D eigenvalue weighted by molar-refractivity contribution is 5.85. The summed E-state index contributed by atoms with van der Waals surface area (Å²) >= 11 is 0. The molecule has 0 saturated carbocycles. The highest BCUT2D eigenvalue weighted by Gasteiger charge is 2.61. The molecule has 364 valence electrons. The molecule has 15 nitrogen and oxygen atoms in total. The summed E-state index contributed by atoms with van der Waals surface area (Å²) in [6.07, 6.45) is -4.96. The first-order valence-corrected chi connectivity index (χ1v) is 23.6. The number of carbonyl (C=O) groups is 3. The van der Waals surface area contributed by atoms with Crippen molar-refractivity contribution in [1.82, 2.24) is 9.80 Å². The molecule has 4 fully saturated rings. The molecule has 0 aliphatic carbocycles. The summed E-state index contributed by atoms with van der Waals surface area (Å²) in [7, 11) is 6.89. The van der Waals surface area contributed by atoms with E-state index in [-0.39, 0.29) is 30.8 Å². The van der Waals surface area contributed by atoms with E-state index in [1.54, 1.807) is 39.7 Å². The lowest BCUT2D eigenvalue weighted by Crippen LogP contribution is -2.61. The number of benzene rings is 1. The van der Waals surface area contributed by atoms with E-state index in [0.29, 0.717) is 25.8 Å². The predicted molar refractivity (Wildman–Crippen MR) is 239 cm³/mol. The van der Waals surface area contributed by atoms with Crippen molar-refractivity contribution in [3.63, 3.8) is 0 Å². The SMILES string of the molecule is CCC1OC(=O)[C@H](C)C(O[C@H]2C[C@@](C)(OC)[C@@H](O)[C@H](C)O2)[C@H](C)[C@@H](O[C@@H]2O[C@H](C)C[C@H](N(C)C)[C@H]2O)[C@](C)(OC)C[C@@H](C)C(=O)[C@H](C)[C@H]2N(CCCCc3ccccc3)C(=O)O[C@]12C. The van der Waals surface area contributed by atoms with E-state index in [4.69, 9.17) is 37.9 Å². The van der Waals surface area contributed by atoms with Gasteiger partial charge >= 0.3 is 12.1 Å². The number of fused-ring (bicyclic) bond motifs is 1. The number of methoxy groups -OCH3 is 2. The van der Waals surface area contributed by atoms with E-state index in [1.807, 2.05) is 78.7 Å². The number of rotatable bonds is 13. The molecule has 2 unspecified atom stereocenters. The molecule has 18 atom stereocenters. The van der Waals surface area contributed by atoms with Gasteiger partial charge in [0.2, 0.25) is 0 Å². The number of unbranched alkanes of at least 4 members (excludes halogenated alkanes) is 1. The molecular weight excluding hydrogens is 825 g/mol. The first-order chi connectivity index (χ1) is 30.0. The van der Waals surface area contributed by atoms with E-state index < -0.39 is 108 Å². The zero-order valence-electron chi connectivity index (χ0n) is 41.0. The van der Waals surface area contributed by atoms with Crippen LogP contribution in [-0.4, -0.2) is 157 Å². The molecule has 4 aliphatic heterocycles. The van der Waals surface area contributed by atoms with E-state index in [2.05, 4.69) is 12.1 Å². The van der Waals surface area contributed by atoms with Crippen molar-refractivity contribution in [2.24, 2.45) is 23.7 Å². The zero-order valence-corrected chi connectivity index (χ0v) is 41.0. The zero-order chi connectivity index (χ0) is 47.5. The Bertz CT molecular complexity index is 1700. The van der Waals surface area contributed by atoms with Gasteiger partial charge < -0.3 is 57.9 Å². The number of hydrogen-bond acceptors (Lipinski definition) is 14. The Labute approximate surface area is 382 Å². The van der Waals surface area contributed by atoms with Crippen molar-refractivity contribution in [2.45, 2.75) is 198 Å². The second-order valence-corrected chi connectivity index (χ2v) is 20.1. The van der Waals surface area contributed by atoms with Crippen molar-refractivity contribution >= 4 is 17.8 Å².